The fourth-order valence-corrected chi connectivity index (χ4v) is 4.44. The van der Waals surface area contributed by atoms with Gasteiger partial charge in [0.1, 0.15) is 0 Å². The normalized spacial score (nSPS) is 11.3. The molecule has 150 valence electrons. The summed E-state index contributed by atoms with van der Waals surface area (Å²) in [5.74, 6) is -0.684. The van der Waals surface area contributed by atoms with Crippen molar-refractivity contribution in [3.8, 4) is 0 Å². The van der Waals surface area contributed by atoms with E-state index in [1.54, 1.807) is 50.2 Å². The van der Waals surface area contributed by atoms with Crippen LogP contribution in [0.25, 0.3) is 0 Å². The first kappa shape index (κ1) is 21.6. The van der Waals surface area contributed by atoms with Crippen molar-refractivity contribution in [1.82, 2.24) is 4.31 Å². The van der Waals surface area contributed by atoms with Crippen molar-refractivity contribution in [2.75, 3.05) is 23.7 Å². The van der Waals surface area contributed by atoms with Gasteiger partial charge in [-0.1, -0.05) is 25.1 Å². The van der Waals surface area contributed by atoms with Gasteiger partial charge in [0.25, 0.3) is 0 Å². The van der Waals surface area contributed by atoms with E-state index < -0.39 is 15.9 Å². The van der Waals surface area contributed by atoms with Crippen LogP contribution < -0.4 is 10.6 Å². The molecule has 2 rings (SSSR count). The minimum atomic E-state index is -3.80. The van der Waals surface area contributed by atoms with Crippen molar-refractivity contribution in [2.45, 2.75) is 32.6 Å². The number of benzene rings is 2. The fraction of sp³-hybridized carbons (Fsp3) is 0.300. The number of sulfonamides is 1. The molecule has 0 heterocycles. The molecular weight excluding hydrogens is 378 g/mol. The van der Waals surface area contributed by atoms with Crippen LogP contribution in [0.5, 0.6) is 0 Å². The maximum atomic E-state index is 13.0. The summed E-state index contributed by atoms with van der Waals surface area (Å²) in [5.41, 5.74) is 2.48. The molecule has 0 radical (unpaired) electrons. The lowest BCUT2D eigenvalue weighted by Crippen LogP contribution is -2.38. The van der Waals surface area contributed by atoms with Crippen LogP contribution in [0.15, 0.2) is 47.4 Å². The highest BCUT2D eigenvalue weighted by molar-refractivity contribution is 7.89. The largest absolute Gasteiger partial charge is 0.326 e. The third kappa shape index (κ3) is 5.40. The summed E-state index contributed by atoms with van der Waals surface area (Å²) < 4.78 is 27.1. The fourth-order valence-electron chi connectivity index (χ4n) is 2.73. The van der Waals surface area contributed by atoms with E-state index in [0.717, 1.165) is 9.87 Å². The van der Waals surface area contributed by atoms with E-state index in [1.165, 1.54) is 6.92 Å². The van der Waals surface area contributed by atoms with Crippen LogP contribution in [-0.4, -0.2) is 37.6 Å². The first-order valence-electron chi connectivity index (χ1n) is 8.88. The van der Waals surface area contributed by atoms with Gasteiger partial charge in [-0.2, -0.15) is 4.31 Å². The van der Waals surface area contributed by atoms with Crippen molar-refractivity contribution in [1.29, 1.82) is 0 Å². The van der Waals surface area contributed by atoms with Gasteiger partial charge in [-0.15, -0.1) is 0 Å². The Labute approximate surface area is 165 Å². The molecular formula is C20H25N3O4S. The standard InChI is InChI=1S/C20H25N3O4S/c1-5-23(28(26,27)19-11-14(2)9-10-15(19)3)13-20(25)22-18-8-6-7-17(12-18)21-16(4)24/h6-12H,5,13H2,1-4H3,(H,21,24)(H,22,25). The Morgan fingerprint density at radius 3 is 2.25 bits per heavy atom. The first-order valence-corrected chi connectivity index (χ1v) is 10.3. The monoisotopic (exact) mass is 403 g/mol. The van der Waals surface area contributed by atoms with Gasteiger partial charge in [0.2, 0.25) is 21.8 Å². The molecule has 2 aromatic carbocycles. The van der Waals surface area contributed by atoms with Crippen LogP contribution in [0.4, 0.5) is 11.4 Å². The third-order valence-electron chi connectivity index (χ3n) is 4.10. The van der Waals surface area contributed by atoms with Crippen molar-refractivity contribution < 1.29 is 18.0 Å². The van der Waals surface area contributed by atoms with Gasteiger partial charge < -0.3 is 10.6 Å². The number of likely N-dealkylation sites (N-methyl/N-ethyl adjacent to an activating group) is 1. The highest BCUT2D eigenvalue weighted by atomic mass is 32.2. The summed E-state index contributed by atoms with van der Waals surface area (Å²) in [5, 5.41) is 5.30. The molecule has 0 bridgehead atoms. The van der Waals surface area contributed by atoms with E-state index in [2.05, 4.69) is 10.6 Å². The summed E-state index contributed by atoms with van der Waals surface area (Å²) in [6.45, 7) is 6.48. The van der Waals surface area contributed by atoms with Crippen LogP contribution in [0.3, 0.4) is 0 Å². The maximum Gasteiger partial charge on any atom is 0.243 e. The number of amides is 2. The number of nitrogens with one attached hydrogen (secondary N) is 2. The topological polar surface area (TPSA) is 95.6 Å². The molecule has 0 aliphatic carbocycles. The van der Waals surface area contributed by atoms with Gasteiger partial charge in [-0.3, -0.25) is 9.59 Å². The molecule has 8 heteroatoms. The Morgan fingerprint density at radius 1 is 1.00 bits per heavy atom. The van der Waals surface area contributed by atoms with Crippen LogP contribution in [0, 0.1) is 13.8 Å². The number of carbonyl (C=O) groups is 2. The predicted octanol–water partition coefficient (Wildman–Crippen LogP) is 2.91. The van der Waals surface area contributed by atoms with E-state index in [4.69, 9.17) is 0 Å². The molecule has 0 aromatic heterocycles. The van der Waals surface area contributed by atoms with E-state index in [9.17, 15) is 18.0 Å². The molecule has 2 aromatic rings. The highest BCUT2D eigenvalue weighted by Crippen LogP contribution is 2.21. The van der Waals surface area contributed by atoms with Crippen molar-refractivity contribution in [2.24, 2.45) is 0 Å². The zero-order valence-corrected chi connectivity index (χ0v) is 17.3. The van der Waals surface area contributed by atoms with Gasteiger partial charge in [-0.25, -0.2) is 8.42 Å². The maximum absolute atomic E-state index is 13.0. The van der Waals surface area contributed by atoms with Gasteiger partial charge >= 0.3 is 0 Å². The summed E-state index contributed by atoms with van der Waals surface area (Å²) in [7, 11) is -3.80. The van der Waals surface area contributed by atoms with E-state index in [1.807, 2.05) is 13.0 Å². The molecule has 0 saturated carbocycles. The lowest BCUT2D eigenvalue weighted by Gasteiger charge is -2.21. The van der Waals surface area contributed by atoms with Gasteiger partial charge in [0.15, 0.2) is 0 Å². The molecule has 0 aliphatic rings. The van der Waals surface area contributed by atoms with E-state index in [-0.39, 0.29) is 23.9 Å². The second-order valence-corrected chi connectivity index (χ2v) is 8.42. The third-order valence-corrected chi connectivity index (χ3v) is 6.16. The quantitative estimate of drug-likeness (QED) is 0.743. The molecule has 2 N–H and O–H groups in total. The van der Waals surface area contributed by atoms with Crippen LogP contribution in [-0.2, 0) is 19.6 Å². The van der Waals surface area contributed by atoms with Crippen molar-refractivity contribution in [3.63, 3.8) is 0 Å². The van der Waals surface area contributed by atoms with Crippen LogP contribution in [0.2, 0.25) is 0 Å². The first-order chi connectivity index (χ1) is 13.1. The predicted molar refractivity (Wildman–Crippen MR) is 110 cm³/mol. The summed E-state index contributed by atoms with van der Waals surface area (Å²) in [4.78, 5) is 23.8. The van der Waals surface area contributed by atoms with Crippen LogP contribution in [0.1, 0.15) is 25.0 Å². The number of hydrogen-bond acceptors (Lipinski definition) is 4. The number of hydrogen-bond donors (Lipinski definition) is 2. The Bertz CT molecular complexity index is 987. The number of nitrogens with zero attached hydrogens (tertiary/aromatic N) is 1. The number of rotatable bonds is 7. The molecule has 0 spiro atoms. The SMILES string of the molecule is CCN(CC(=O)Nc1cccc(NC(C)=O)c1)S(=O)(=O)c1cc(C)ccc1C. The Kier molecular flexibility index (Phi) is 6.93. The molecule has 2 amide bonds. The average molecular weight is 404 g/mol. The summed E-state index contributed by atoms with van der Waals surface area (Å²) in [6.07, 6.45) is 0. The smallest absolute Gasteiger partial charge is 0.243 e. The van der Waals surface area contributed by atoms with E-state index >= 15 is 0 Å². The van der Waals surface area contributed by atoms with Crippen molar-refractivity contribution in [3.05, 3.63) is 53.6 Å². The molecule has 0 aliphatic heterocycles. The Hall–Kier alpha value is -2.71. The summed E-state index contributed by atoms with van der Waals surface area (Å²) in [6, 6.07) is 11.9. The molecule has 0 atom stereocenters. The van der Waals surface area contributed by atoms with Gasteiger partial charge in [0.05, 0.1) is 11.4 Å². The second kappa shape index (κ2) is 8.99. The number of aryl methyl sites for hydroxylation is 2. The second-order valence-electron chi connectivity index (χ2n) is 6.51. The van der Waals surface area contributed by atoms with Gasteiger partial charge in [0, 0.05) is 24.8 Å². The summed E-state index contributed by atoms with van der Waals surface area (Å²) >= 11 is 0. The zero-order chi connectivity index (χ0) is 20.9. The molecule has 7 nitrogen and oxygen atoms in total. The minimum Gasteiger partial charge on any atom is -0.326 e. The number of carbonyl (C=O) groups excluding carboxylic acids is 2. The Morgan fingerprint density at radius 2 is 1.64 bits per heavy atom. The molecule has 28 heavy (non-hydrogen) atoms. The molecule has 0 saturated heterocycles. The van der Waals surface area contributed by atoms with Crippen LogP contribution >= 0.6 is 0 Å². The lowest BCUT2D eigenvalue weighted by atomic mass is 10.2. The lowest BCUT2D eigenvalue weighted by molar-refractivity contribution is -0.116. The van der Waals surface area contributed by atoms with E-state index in [0.29, 0.717) is 16.9 Å². The molecule has 0 unspecified atom stereocenters. The number of anilines is 2. The van der Waals surface area contributed by atoms with Crippen molar-refractivity contribution >= 4 is 33.2 Å². The minimum absolute atomic E-state index is 0.162. The Balaban J connectivity index is 2.17. The van der Waals surface area contributed by atoms with Gasteiger partial charge in [-0.05, 0) is 49.2 Å². The average Bonchev–Trinajstić information content (AvgIpc) is 2.61. The highest BCUT2D eigenvalue weighted by Gasteiger charge is 2.27. The molecule has 0 fully saturated rings. The zero-order valence-electron chi connectivity index (χ0n) is 16.4.